The molecule has 2 N–H and O–H groups in total. The van der Waals surface area contributed by atoms with E-state index in [0.717, 1.165) is 12.8 Å². The lowest BCUT2D eigenvalue weighted by atomic mass is 10.1. The highest BCUT2D eigenvalue weighted by molar-refractivity contribution is 5.74. The minimum absolute atomic E-state index is 0.0870. The highest BCUT2D eigenvalue weighted by Gasteiger charge is 2.27. The smallest absolute Gasteiger partial charge is 0.317 e. The molecular weight excluding hydrogens is 220 g/mol. The minimum Gasteiger partial charge on any atom is -0.481 e. The molecule has 1 atom stereocenters. The molecule has 0 aromatic heterocycles. The number of unbranched alkanes of at least 4 members (excludes halogenated alkanes) is 1. The molecule has 0 saturated carbocycles. The van der Waals surface area contributed by atoms with Crippen molar-refractivity contribution in [1.82, 2.24) is 10.2 Å². The molecule has 2 amide bonds. The SMILES string of the molecule is C#CCCCNC(=O)N1CCC(CC(=O)O)C1. The molecule has 94 valence electrons. The summed E-state index contributed by atoms with van der Waals surface area (Å²) in [4.78, 5) is 23.9. The van der Waals surface area contributed by atoms with Crippen LogP contribution >= 0.6 is 0 Å². The predicted molar refractivity (Wildman–Crippen MR) is 63.4 cm³/mol. The number of hydrogen-bond acceptors (Lipinski definition) is 2. The summed E-state index contributed by atoms with van der Waals surface area (Å²) in [5, 5.41) is 11.4. The number of terminal acetylenes is 1. The molecule has 0 aliphatic carbocycles. The third kappa shape index (κ3) is 4.77. The van der Waals surface area contributed by atoms with Crippen LogP contribution in [0.5, 0.6) is 0 Å². The summed E-state index contributed by atoms with van der Waals surface area (Å²) < 4.78 is 0. The third-order valence-electron chi connectivity index (χ3n) is 2.81. The zero-order valence-corrected chi connectivity index (χ0v) is 9.82. The summed E-state index contributed by atoms with van der Waals surface area (Å²) in [7, 11) is 0. The molecule has 17 heavy (non-hydrogen) atoms. The van der Waals surface area contributed by atoms with Crippen molar-refractivity contribution in [1.29, 1.82) is 0 Å². The third-order valence-corrected chi connectivity index (χ3v) is 2.81. The van der Waals surface area contributed by atoms with E-state index in [1.54, 1.807) is 4.90 Å². The summed E-state index contributed by atoms with van der Waals surface area (Å²) in [5.74, 6) is 1.80. The second-order valence-electron chi connectivity index (χ2n) is 4.24. The molecular formula is C12H18N2O3. The lowest BCUT2D eigenvalue weighted by Gasteiger charge is -2.16. The van der Waals surface area contributed by atoms with Crippen LogP contribution in [0.4, 0.5) is 4.79 Å². The van der Waals surface area contributed by atoms with E-state index in [0.29, 0.717) is 26.1 Å². The Kier molecular flexibility index (Phi) is 5.34. The van der Waals surface area contributed by atoms with Crippen LogP contribution in [0.2, 0.25) is 0 Å². The van der Waals surface area contributed by atoms with Crippen LogP contribution in [-0.2, 0) is 4.79 Å². The largest absolute Gasteiger partial charge is 0.481 e. The lowest BCUT2D eigenvalue weighted by Crippen LogP contribution is -2.39. The van der Waals surface area contributed by atoms with Gasteiger partial charge in [-0.1, -0.05) is 0 Å². The van der Waals surface area contributed by atoms with Crippen molar-refractivity contribution in [3.8, 4) is 12.3 Å². The summed E-state index contributed by atoms with van der Waals surface area (Å²) in [5.41, 5.74) is 0. The molecule has 0 aromatic carbocycles. The van der Waals surface area contributed by atoms with E-state index in [1.807, 2.05) is 0 Å². The fourth-order valence-electron chi connectivity index (χ4n) is 1.93. The molecule has 0 aromatic rings. The monoisotopic (exact) mass is 238 g/mol. The Hall–Kier alpha value is -1.70. The second kappa shape index (κ2) is 6.79. The summed E-state index contributed by atoms with van der Waals surface area (Å²) in [6.45, 7) is 1.75. The zero-order valence-electron chi connectivity index (χ0n) is 9.82. The van der Waals surface area contributed by atoms with Gasteiger partial charge in [0.05, 0.1) is 0 Å². The van der Waals surface area contributed by atoms with Crippen LogP contribution in [0.1, 0.15) is 25.7 Å². The molecule has 5 nitrogen and oxygen atoms in total. The lowest BCUT2D eigenvalue weighted by molar-refractivity contribution is -0.138. The van der Waals surface area contributed by atoms with Gasteiger partial charge in [-0.05, 0) is 18.8 Å². The maximum atomic E-state index is 11.7. The van der Waals surface area contributed by atoms with Gasteiger partial charge in [0.15, 0.2) is 0 Å². The molecule has 0 spiro atoms. The van der Waals surface area contributed by atoms with Gasteiger partial charge in [-0.25, -0.2) is 4.79 Å². The van der Waals surface area contributed by atoms with Crippen LogP contribution < -0.4 is 5.32 Å². The van der Waals surface area contributed by atoms with Crippen molar-refractivity contribution in [2.45, 2.75) is 25.7 Å². The van der Waals surface area contributed by atoms with E-state index in [2.05, 4.69) is 11.2 Å². The standard InChI is InChI=1S/C12H18N2O3/c1-2-3-4-6-13-12(17)14-7-5-10(9-14)8-11(15)16/h1,10H,3-9H2,(H,13,17)(H,15,16). The summed E-state index contributed by atoms with van der Waals surface area (Å²) >= 11 is 0. The Morgan fingerprint density at radius 3 is 2.94 bits per heavy atom. The highest BCUT2D eigenvalue weighted by Crippen LogP contribution is 2.19. The Labute approximate surface area is 101 Å². The molecule has 1 saturated heterocycles. The normalized spacial score (nSPS) is 18.8. The van der Waals surface area contributed by atoms with Gasteiger partial charge in [-0.15, -0.1) is 12.3 Å². The number of nitrogens with one attached hydrogen (secondary N) is 1. The minimum atomic E-state index is -0.800. The number of hydrogen-bond donors (Lipinski definition) is 2. The zero-order chi connectivity index (χ0) is 12.7. The van der Waals surface area contributed by atoms with Crippen LogP contribution in [0.25, 0.3) is 0 Å². The van der Waals surface area contributed by atoms with Crippen molar-refractivity contribution in [2.24, 2.45) is 5.92 Å². The van der Waals surface area contributed by atoms with Gasteiger partial charge in [-0.3, -0.25) is 4.79 Å². The van der Waals surface area contributed by atoms with Gasteiger partial charge in [-0.2, -0.15) is 0 Å². The molecule has 1 heterocycles. The van der Waals surface area contributed by atoms with E-state index in [9.17, 15) is 9.59 Å². The number of carbonyl (C=O) groups is 2. The molecule has 1 unspecified atom stereocenters. The molecule has 0 radical (unpaired) electrons. The van der Waals surface area contributed by atoms with Gasteiger partial charge >= 0.3 is 12.0 Å². The Bertz CT molecular complexity index is 322. The fraction of sp³-hybridized carbons (Fsp3) is 0.667. The molecule has 1 aliphatic rings. The molecule has 1 aliphatic heterocycles. The van der Waals surface area contributed by atoms with Gasteiger partial charge in [0, 0.05) is 32.5 Å². The number of carbonyl (C=O) groups excluding carboxylic acids is 1. The molecule has 1 fully saturated rings. The van der Waals surface area contributed by atoms with Crippen LogP contribution in [-0.4, -0.2) is 41.6 Å². The number of carboxylic acids is 1. The maximum absolute atomic E-state index is 11.7. The molecule has 0 bridgehead atoms. The van der Waals surface area contributed by atoms with E-state index in [-0.39, 0.29) is 18.4 Å². The van der Waals surface area contributed by atoms with E-state index < -0.39 is 5.97 Å². The van der Waals surface area contributed by atoms with Gasteiger partial charge in [0.2, 0.25) is 0 Å². The van der Waals surface area contributed by atoms with Crippen LogP contribution in [0, 0.1) is 18.3 Å². The number of urea groups is 1. The number of rotatable bonds is 5. The average Bonchev–Trinajstić information content (AvgIpc) is 2.71. The summed E-state index contributed by atoms with van der Waals surface area (Å²) in [6, 6.07) is -0.116. The number of aliphatic carboxylic acids is 1. The van der Waals surface area contributed by atoms with Gasteiger partial charge in [0.25, 0.3) is 0 Å². The van der Waals surface area contributed by atoms with Crippen molar-refractivity contribution in [3.63, 3.8) is 0 Å². The van der Waals surface area contributed by atoms with E-state index in [4.69, 9.17) is 11.5 Å². The number of amides is 2. The van der Waals surface area contributed by atoms with E-state index in [1.165, 1.54) is 0 Å². The first-order chi connectivity index (χ1) is 8.13. The summed E-state index contributed by atoms with van der Waals surface area (Å²) in [6.07, 6.45) is 7.44. The van der Waals surface area contributed by atoms with Gasteiger partial charge in [0.1, 0.15) is 0 Å². The quantitative estimate of drug-likeness (QED) is 0.552. The van der Waals surface area contributed by atoms with Crippen molar-refractivity contribution < 1.29 is 14.7 Å². The number of carboxylic acid groups (broad SMARTS) is 1. The first-order valence-electron chi connectivity index (χ1n) is 5.81. The van der Waals surface area contributed by atoms with Crippen molar-refractivity contribution in [2.75, 3.05) is 19.6 Å². The van der Waals surface area contributed by atoms with Crippen molar-refractivity contribution in [3.05, 3.63) is 0 Å². The predicted octanol–water partition coefficient (Wildman–Crippen LogP) is 0.906. The average molecular weight is 238 g/mol. The Balaban J connectivity index is 2.21. The van der Waals surface area contributed by atoms with Crippen LogP contribution in [0.3, 0.4) is 0 Å². The number of nitrogens with zero attached hydrogens (tertiary/aromatic N) is 1. The Morgan fingerprint density at radius 1 is 1.53 bits per heavy atom. The molecule has 1 rings (SSSR count). The first-order valence-corrected chi connectivity index (χ1v) is 5.81. The van der Waals surface area contributed by atoms with Crippen molar-refractivity contribution >= 4 is 12.0 Å². The van der Waals surface area contributed by atoms with E-state index >= 15 is 0 Å². The first kappa shape index (κ1) is 13.4. The van der Waals surface area contributed by atoms with Gasteiger partial charge < -0.3 is 15.3 Å². The highest BCUT2D eigenvalue weighted by atomic mass is 16.4. The number of likely N-dealkylation sites (tertiary alicyclic amines) is 1. The molecule has 5 heteroatoms. The fourth-order valence-corrected chi connectivity index (χ4v) is 1.93. The van der Waals surface area contributed by atoms with Crippen LogP contribution in [0.15, 0.2) is 0 Å². The second-order valence-corrected chi connectivity index (χ2v) is 4.24. The maximum Gasteiger partial charge on any atom is 0.317 e. The topological polar surface area (TPSA) is 69.6 Å². The Morgan fingerprint density at radius 2 is 2.29 bits per heavy atom.